The molecule has 0 aliphatic rings. The van der Waals surface area contributed by atoms with Gasteiger partial charge in [-0.3, -0.25) is 0 Å². The highest BCUT2D eigenvalue weighted by Gasteiger charge is 2.27. The van der Waals surface area contributed by atoms with Crippen molar-refractivity contribution < 1.29 is 18.6 Å². The molecule has 1 aromatic rings. The molecule has 0 amide bonds. The molecule has 0 heterocycles. The fraction of sp³-hybridized carbons (Fsp3) is 0.571. The Morgan fingerprint density at radius 2 is 2.11 bits per heavy atom. The third-order valence-corrected chi connectivity index (χ3v) is 2.88. The van der Waals surface area contributed by atoms with E-state index in [1.165, 1.54) is 13.0 Å². The number of benzene rings is 1. The number of ether oxygens (including phenoxy) is 1. The van der Waals surface area contributed by atoms with Crippen LogP contribution in [-0.4, -0.2) is 30.9 Å². The predicted octanol–water partition coefficient (Wildman–Crippen LogP) is 2.19. The molecule has 0 aliphatic carbocycles. The summed E-state index contributed by atoms with van der Waals surface area (Å²) < 4.78 is 31.7. The van der Waals surface area contributed by atoms with Crippen LogP contribution in [0.25, 0.3) is 0 Å². The van der Waals surface area contributed by atoms with E-state index in [0.29, 0.717) is 13.2 Å². The van der Waals surface area contributed by atoms with E-state index in [0.717, 1.165) is 12.1 Å². The first-order chi connectivity index (χ1) is 8.86. The van der Waals surface area contributed by atoms with E-state index in [4.69, 9.17) is 4.74 Å². The van der Waals surface area contributed by atoms with E-state index in [2.05, 4.69) is 5.32 Å². The van der Waals surface area contributed by atoms with Gasteiger partial charge in [-0.2, -0.15) is 0 Å². The number of aliphatic hydroxyl groups is 1. The molecule has 0 bridgehead atoms. The monoisotopic (exact) mass is 273 g/mol. The summed E-state index contributed by atoms with van der Waals surface area (Å²) in [7, 11) is 0. The Bertz CT molecular complexity index is 410. The summed E-state index contributed by atoms with van der Waals surface area (Å²) in [6, 6.07) is 3.21. The maximum Gasteiger partial charge on any atom is 0.132 e. The Labute approximate surface area is 112 Å². The summed E-state index contributed by atoms with van der Waals surface area (Å²) >= 11 is 0. The van der Waals surface area contributed by atoms with Crippen LogP contribution in [0.5, 0.6) is 0 Å². The molecular weight excluding hydrogens is 252 g/mol. The van der Waals surface area contributed by atoms with E-state index >= 15 is 0 Å². The molecule has 2 unspecified atom stereocenters. The van der Waals surface area contributed by atoms with Gasteiger partial charge in [0.05, 0.1) is 6.61 Å². The van der Waals surface area contributed by atoms with Gasteiger partial charge in [0, 0.05) is 30.8 Å². The number of hydrogen-bond donors (Lipinski definition) is 2. The van der Waals surface area contributed by atoms with Gasteiger partial charge in [0.2, 0.25) is 0 Å². The second-order valence-corrected chi connectivity index (χ2v) is 4.84. The lowest BCUT2D eigenvalue weighted by molar-refractivity contribution is 0.0443. The highest BCUT2D eigenvalue weighted by Crippen LogP contribution is 2.23. The van der Waals surface area contributed by atoms with Crippen molar-refractivity contribution >= 4 is 0 Å². The van der Waals surface area contributed by atoms with Gasteiger partial charge in [-0.1, -0.05) is 6.07 Å². The zero-order chi connectivity index (χ0) is 14.5. The van der Waals surface area contributed by atoms with Crippen molar-refractivity contribution in [2.75, 3.05) is 19.8 Å². The van der Waals surface area contributed by atoms with E-state index in [9.17, 15) is 13.9 Å². The topological polar surface area (TPSA) is 41.5 Å². The van der Waals surface area contributed by atoms with Crippen LogP contribution in [0.2, 0.25) is 0 Å². The molecular formula is C14H21F2NO2. The van der Waals surface area contributed by atoms with E-state index < -0.39 is 17.2 Å². The quantitative estimate of drug-likeness (QED) is 0.800. The molecule has 0 saturated carbocycles. The minimum atomic E-state index is -1.40. The molecule has 108 valence electrons. The van der Waals surface area contributed by atoms with Crippen LogP contribution in [0.3, 0.4) is 0 Å². The Hall–Kier alpha value is -1.04. The third kappa shape index (κ3) is 4.86. The standard InChI is InChI=1S/C14H21F2NO2/c1-4-19-8-10(2)17-9-14(3,18)12-6-5-11(15)7-13(12)16/h5-7,10,17-18H,4,8-9H2,1-3H3. The first kappa shape index (κ1) is 16.0. The van der Waals surface area contributed by atoms with Gasteiger partial charge in [0.15, 0.2) is 0 Å². The first-order valence-electron chi connectivity index (χ1n) is 6.36. The highest BCUT2D eigenvalue weighted by atomic mass is 19.1. The van der Waals surface area contributed by atoms with Gasteiger partial charge in [0.25, 0.3) is 0 Å². The fourth-order valence-electron chi connectivity index (χ4n) is 1.75. The summed E-state index contributed by atoms with van der Waals surface area (Å²) in [5, 5.41) is 13.3. The van der Waals surface area contributed by atoms with Crippen molar-refractivity contribution in [3.05, 3.63) is 35.4 Å². The number of halogens is 2. The molecule has 1 rings (SSSR count). The predicted molar refractivity (Wildman–Crippen MR) is 69.9 cm³/mol. The molecule has 3 nitrogen and oxygen atoms in total. The normalized spacial score (nSPS) is 16.1. The van der Waals surface area contributed by atoms with E-state index in [1.807, 2.05) is 13.8 Å². The zero-order valence-corrected chi connectivity index (χ0v) is 11.5. The second kappa shape index (κ2) is 6.93. The van der Waals surface area contributed by atoms with Gasteiger partial charge in [-0.25, -0.2) is 8.78 Å². The molecule has 0 radical (unpaired) electrons. The zero-order valence-electron chi connectivity index (χ0n) is 11.5. The average Bonchev–Trinajstić information content (AvgIpc) is 2.33. The van der Waals surface area contributed by atoms with Crippen molar-refractivity contribution in [2.24, 2.45) is 0 Å². The Balaban J connectivity index is 2.64. The Morgan fingerprint density at radius 3 is 2.68 bits per heavy atom. The van der Waals surface area contributed by atoms with E-state index in [1.54, 1.807) is 0 Å². The maximum absolute atomic E-state index is 13.6. The van der Waals surface area contributed by atoms with Crippen molar-refractivity contribution in [3.8, 4) is 0 Å². The van der Waals surface area contributed by atoms with Crippen LogP contribution in [0.4, 0.5) is 8.78 Å². The summed E-state index contributed by atoms with van der Waals surface area (Å²) in [6.45, 7) is 6.59. The van der Waals surface area contributed by atoms with Gasteiger partial charge in [-0.05, 0) is 26.8 Å². The first-order valence-corrected chi connectivity index (χ1v) is 6.36. The third-order valence-electron chi connectivity index (χ3n) is 2.88. The second-order valence-electron chi connectivity index (χ2n) is 4.84. The average molecular weight is 273 g/mol. The van der Waals surface area contributed by atoms with Crippen LogP contribution in [-0.2, 0) is 10.3 Å². The number of hydrogen-bond acceptors (Lipinski definition) is 3. The van der Waals surface area contributed by atoms with Crippen molar-refractivity contribution in [1.29, 1.82) is 0 Å². The fourth-order valence-corrected chi connectivity index (χ4v) is 1.75. The molecule has 0 fully saturated rings. The molecule has 2 atom stereocenters. The molecule has 19 heavy (non-hydrogen) atoms. The molecule has 5 heteroatoms. The van der Waals surface area contributed by atoms with Crippen molar-refractivity contribution in [3.63, 3.8) is 0 Å². The molecule has 1 aromatic carbocycles. The van der Waals surface area contributed by atoms with Crippen LogP contribution < -0.4 is 5.32 Å². The largest absolute Gasteiger partial charge is 0.384 e. The lowest BCUT2D eigenvalue weighted by atomic mass is 9.95. The van der Waals surface area contributed by atoms with Gasteiger partial charge in [-0.15, -0.1) is 0 Å². The SMILES string of the molecule is CCOCC(C)NCC(C)(O)c1ccc(F)cc1F. The smallest absolute Gasteiger partial charge is 0.132 e. The summed E-state index contributed by atoms with van der Waals surface area (Å²) in [6.07, 6.45) is 0. The number of rotatable bonds is 7. The molecule has 2 N–H and O–H groups in total. The molecule has 0 aromatic heterocycles. The van der Waals surface area contributed by atoms with Gasteiger partial charge in [0.1, 0.15) is 17.2 Å². The molecule has 0 saturated heterocycles. The lowest BCUT2D eigenvalue weighted by Gasteiger charge is -2.27. The van der Waals surface area contributed by atoms with E-state index in [-0.39, 0.29) is 18.2 Å². The van der Waals surface area contributed by atoms with Crippen LogP contribution in [0.15, 0.2) is 18.2 Å². The highest BCUT2D eigenvalue weighted by molar-refractivity contribution is 5.24. The van der Waals surface area contributed by atoms with Crippen LogP contribution in [0, 0.1) is 11.6 Å². The lowest BCUT2D eigenvalue weighted by Crippen LogP contribution is -2.42. The summed E-state index contributed by atoms with van der Waals surface area (Å²) in [4.78, 5) is 0. The molecule has 0 spiro atoms. The van der Waals surface area contributed by atoms with Crippen LogP contribution in [0.1, 0.15) is 26.3 Å². The minimum absolute atomic E-state index is 0.0370. The molecule has 0 aliphatic heterocycles. The van der Waals surface area contributed by atoms with Gasteiger partial charge >= 0.3 is 0 Å². The van der Waals surface area contributed by atoms with Crippen LogP contribution >= 0.6 is 0 Å². The van der Waals surface area contributed by atoms with Crippen molar-refractivity contribution in [2.45, 2.75) is 32.4 Å². The number of nitrogens with one attached hydrogen (secondary N) is 1. The maximum atomic E-state index is 13.6. The summed E-state index contributed by atoms with van der Waals surface area (Å²) in [5.41, 5.74) is -1.33. The minimum Gasteiger partial charge on any atom is -0.384 e. The van der Waals surface area contributed by atoms with Gasteiger partial charge < -0.3 is 15.2 Å². The van der Waals surface area contributed by atoms with Crippen molar-refractivity contribution in [1.82, 2.24) is 5.32 Å². The Morgan fingerprint density at radius 1 is 1.42 bits per heavy atom. The summed E-state index contributed by atoms with van der Waals surface area (Å²) in [5.74, 6) is -1.40. The Kier molecular flexibility index (Phi) is 5.85.